The van der Waals surface area contributed by atoms with Crippen molar-refractivity contribution in [3.8, 4) is 11.5 Å². The summed E-state index contributed by atoms with van der Waals surface area (Å²) in [7, 11) is 0. The van der Waals surface area contributed by atoms with Gasteiger partial charge in [-0.3, -0.25) is 4.79 Å². The van der Waals surface area contributed by atoms with Crippen molar-refractivity contribution in [2.45, 2.75) is 6.42 Å². The molecule has 0 aliphatic heterocycles. The van der Waals surface area contributed by atoms with Gasteiger partial charge in [-0.2, -0.15) is 0 Å². The van der Waals surface area contributed by atoms with Crippen LogP contribution < -0.4 is 4.74 Å². The lowest BCUT2D eigenvalue weighted by molar-refractivity contribution is -0.142. The molecule has 4 nitrogen and oxygen atoms in total. The zero-order valence-corrected chi connectivity index (χ0v) is 10.9. The average Bonchev–Trinajstić information content (AvgIpc) is 2.46. The third kappa shape index (κ3) is 4.02. The molecule has 2 aromatic rings. The Hall–Kier alpha value is -2.49. The lowest BCUT2D eigenvalue weighted by Crippen LogP contribution is -2.23. The standard InChI is InChI=1S/C16H16O4/c17-14-6-8-15(9-7-14)20-11-13(16(18)19)10-12-4-2-1-3-5-12/h1-9,13,17H,10-11H2,(H,18,19). The summed E-state index contributed by atoms with van der Waals surface area (Å²) in [6.07, 6.45) is 0.425. The Bertz CT molecular complexity index is 548. The van der Waals surface area contributed by atoms with E-state index in [9.17, 15) is 9.90 Å². The van der Waals surface area contributed by atoms with Gasteiger partial charge in [0.25, 0.3) is 0 Å². The van der Waals surface area contributed by atoms with E-state index in [0.717, 1.165) is 5.56 Å². The first kappa shape index (κ1) is 13.9. The van der Waals surface area contributed by atoms with E-state index >= 15 is 0 Å². The molecule has 0 spiro atoms. The zero-order chi connectivity index (χ0) is 14.4. The Labute approximate surface area is 117 Å². The Balaban J connectivity index is 1.96. The molecule has 0 heterocycles. The Morgan fingerprint density at radius 1 is 1.05 bits per heavy atom. The monoisotopic (exact) mass is 272 g/mol. The van der Waals surface area contributed by atoms with E-state index in [4.69, 9.17) is 9.84 Å². The molecule has 2 rings (SSSR count). The highest BCUT2D eigenvalue weighted by atomic mass is 16.5. The molecule has 0 aliphatic carbocycles. The third-order valence-electron chi connectivity index (χ3n) is 2.96. The van der Waals surface area contributed by atoms with Gasteiger partial charge >= 0.3 is 5.97 Å². The number of aliphatic carboxylic acids is 1. The summed E-state index contributed by atoms with van der Waals surface area (Å²) in [5.41, 5.74) is 0.967. The molecule has 0 aromatic heterocycles. The van der Waals surface area contributed by atoms with Crippen molar-refractivity contribution in [2.75, 3.05) is 6.61 Å². The van der Waals surface area contributed by atoms with Crippen LogP contribution >= 0.6 is 0 Å². The largest absolute Gasteiger partial charge is 0.508 e. The van der Waals surface area contributed by atoms with Gasteiger partial charge in [0.1, 0.15) is 18.1 Å². The maximum atomic E-state index is 11.3. The fourth-order valence-corrected chi connectivity index (χ4v) is 1.86. The number of ether oxygens (including phenoxy) is 1. The molecule has 1 unspecified atom stereocenters. The normalized spacial score (nSPS) is 11.8. The molecule has 104 valence electrons. The van der Waals surface area contributed by atoms with Crippen molar-refractivity contribution < 1.29 is 19.7 Å². The van der Waals surface area contributed by atoms with Gasteiger partial charge < -0.3 is 14.9 Å². The summed E-state index contributed by atoms with van der Waals surface area (Å²) in [4.78, 5) is 11.3. The van der Waals surface area contributed by atoms with Crippen LogP contribution in [0.25, 0.3) is 0 Å². The van der Waals surface area contributed by atoms with E-state index in [2.05, 4.69) is 0 Å². The quantitative estimate of drug-likeness (QED) is 0.848. The summed E-state index contributed by atoms with van der Waals surface area (Å²) in [6.45, 7) is 0.0923. The van der Waals surface area contributed by atoms with Crippen molar-refractivity contribution >= 4 is 5.97 Å². The highest BCUT2D eigenvalue weighted by Gasteiger charge is 2.19. The number of carboxylic acid groups (broad SMARTS) is 1. The van der Waals surface area contributed by atoms with Crippen LogP contribution in [0.1, 0.15) is 5.56 Å². The van der Waals surface area contributed by atoms with Crippen LogP contribution in [0.15, 0.2) is 54.6 Å². The van der Waals surface area contributed by atoms with E-state index in [1.165, 1.54) is 12.1 Å². The predicted octanol–water partition coefficient (Wildman–Crippen LogP) is 2.71. The number of phenols is 1. The molecular formula is C16H16O4. The molecule has 0 saturated carbocycles. The van der Waals surface area contributed by atoms with Gasteiger partial charge in [0.05, 0.1) is 5.92 Å². The highest BCUT2D eigenvalue weighted by Crippen LogP contribution is 2.17. The molecular weight excluding hydrogens is 256 g/mol. The van der Waals surface area contributed by atoms with E-state index in [-0.39, 0.29) is 12.4 Å². The lowest BCUT2D eigenvalue weighted by Gasteiger charge is -2.14. The second kappa shape index (κ2) is 6.61. The fraction of sp³-hybridized carbons (Fsp3) is 0.188. The van der Waals surface area contributed by atoms with E-state index < -0.39 is 11.9 Å². The number of rotatable bonds is 6. The minimum Gasteiger partial charge on any atom is -0.508 e. The third-order valence-corrected chi connectivity index (χ3v) is 2.96. The van der Waals surface area contributed by atoms with Crippen LogP contribution in [0.5, 0.6) is 11.5 Å². The second-order valence-electron chi connectivity index (χ2n) is 4.53. The maximum Gasteiger partial charge on any atom is 0.310 e. The molecule has 0 saturated heterocycles. The topological polar surface area (TPSA) is 66.8 Å². The number of carboxylic acids is 1. The fourth-order valence-electron chi connectivity index (χ4n) is 1.86. The van der Waals surface area contributed by atoms with Crippen molar-refractivity contribution in [3.63, 3.8) is 0 Å². The summed E-state index contributed by atoms with van der Waals surface area (Å²) in [5, 5.41) is 18.4. The number of hydrogen-bond acceptors (Lipinski definition) is 3. The molecule has 20 heavy (non-hydrogen) atoms. The van der Waals surface area contributed by atoms with E-state index in [1.54, 1.807) is 12.1 Å². The van der Waals surface area contributed by atoms with Gasteiger partial charge in [0.2, 0.25) is 0 Å². The second-order valence-corrected chi connectivity index (χ2v) is 4.53. The summed E-state index contributed by atoms with van der Waals surface area (Å²) >= 11 is 0. The van der Waals surface area contributed by atoms with Crippen molar-refractivity contribution in [3.05, 3.63) is 60.2 Å². The van der Waals surface area contributed by atoms with Crippen LogP contribution in [0, 0.1) is 5.92 Å². The van der Waals surface area contributed by atoms with Crippen molar-refractivity contribution in [2.24, 2.45) is 5.92 Å². The van der Waals surface area contributed by atoms with E-state index in [0.29, 0.717) is 12.2 Å². The number of aromatic hydroxyl groups is 1. The Morgan fingerprint density at radius 2 is 1.70 bits per heavy atom. The summed E-state index contributed by atoms with van der Waals surface area (Å²) in [6, 6.07) is 15.7. The van der Waals surface area contributed by atoms with Crippen LogP contribution in [0.3, 0.4) is 0 Å². The SMILES string of the molecule is O=C(O)C(COc1ccc(O)cc1)Cc1ccccc1. The van der Waals surface area contributed by atoms with E-state index in [1.807, 2.05) is 30.3 Å². The van der Waals surface area contributed by atoms with Gasteiger partial charge in [-0.15, -0.1) is 0 Å². The molecule has 2 aromatic carbocycles. The molecule has 0 amide bonds. The van der Waals surface area contributed by atoms with Gasteiger partial charge in [0, 0.05) is 0 Å². The first-order chi connectivity index (χ1) is 9.65. The molecule has 0 radical (unpaired) electrons. The highest BCUT2D eigenvalue weighted by molar-refractivity contribution is 5.70. The maximum absolute atomic E-state index is 11.3. The van der Waals surface area contributed by atoms with Gasteiger partial charge in [0.15, 0.2) is 0 Å². The first-order valence-electron chi connectivity index (χ1n) is 6.33. The molecule has 0 aliphatic rings. The minimum absolute atomic E-state index is 0.0923. The molecule has 0 bridgehead atoms. The average molecular weight is 272 g/mol. The van der Waals surface area contributed by atoms with Gasteiger partial charge in [-0.25, -0.2) is 0 Å². The summed E-state index contributed by atoms with van der Waals surface area (Å²) in [5.74, 6) is -0.794. The van der Waals surface area contributed by atoms with Crippen LogP contribution in [0.2, 0.25) is 0 Å². The van der Waals surface area contributed by atoms with Gasteiger partial charge in [-0.1, -0.05) is 30.3 Å². The Kier molecular flexibility index (Phi) is 4.60. The van der Waals surface area contributed by atoms with Crippen LogP contribution in [-0.4, -0.2) is 22.8 Å². The van der Waals surface area contributed by atoms with Crippen molar-refractivity contribution in [1.82, 2.24) is 0 Å². The lowest BCUT2D eigenvalue weighted by atomic mass is 10.0. The number of phenolic OH excluding ortho intramolecular Hbond substituents is 1. The van der Waals surface area contributed by atoms with Crippen molar-refractivity contribution in [1.29, 1.82) is 0 Å². The predicted molar refractivity (Wildman–Crippen MR) is 74.9 cm³/mol. The number of carbonyl (C=O) groups is 1. The van der Waals surface area contributed by atoms with Gasteiger partial charge in [-0.05, 0) is 36.2 Å². The number of benzene rings is 2. The first-order valence-corrected chi connectivity index (χ1v) is 6.33. The Morgan fingerprint density at radius 3 is 2.30 bits per heavy atom. The smallest absolute Gasteiger partial charge is 0.310 e. The molecule has 1 atom stereocenters. The summed E-state index contributed by atoms with van der Waals surface area (Å²) < 4.78 is 5.46. The molecule has 0 fully saturated rings. The number of hydrogen-bond donors (Lipinski definition) is 2. The van der Waals surface area contributed by atoms with Crippen LogP contribution in [0.4, 0.5) is 0 Å². The van der Waals surface area contributed by atoms with Crippen LogP contribution in [-0.2, 0) is 11.2 Å². The zero-order valence-electron chi connectivity index (χ0n) is 10.9. The molecule has 2 N–H and O–H groups in total. The molecule has 4 heteroatoms. The minimum atomic E-state index is -0.882.